The first-order valence-corrected chi connectivity index (χ1v) is 11.2. The van der Waals surface area contributed by atoms with E-state index in [1.165, 1.54) is 23.5 Å². The molecular formula is C20H21FN2O4S2. The molecule has 0 fully saturated rings. The fourth-order valence-electron chi connectivity index (χ4n) is 3.06. The van der Waals surface area contributed by atoms with E-state index in [9.17, 15) is 17.6 Å². The van der Waals surface area contributed by atoms with Crippen molar-refractivity contribution in [3.8, 4) is 0 Å². The number of sulfone groups is 1. The molecule has 0 atom stereocenters. The minimum atomic E-state index is -4.00. The van der Waals surface area contributed by atoms with E-state index in [2.05, 4.69) is 5.32 Å². The summed E-state index contributed by atoms with van der Waals surface area (Å²) in [7, 11) is -2.45. The molecule has 0 aliphatic carbocycles. The number of thiophene rings is 1. The molecule has 29 heavy (non-hydrogen) atoms. The van der Waals surface area contributed by atoms with Gasteiger partial charge in [0.1, 0.15) is 16.5 Å². The number of anilines is 1. The number of methoxy groups -OCH3 is 1. The first-order chi connectivity index (χ1) is 13.8. The van der Waals surface area contributed by atoms with Gasteiger partial charge in [0, 0.05) is 19.3 Å². The first-order valence-electron chi connectivity index (χ1n) is 8.81. The zero-order valence-corrected chi connectivity index (χ0v) is 17.9. The van der Waals surface area contributed by atoms with Crippen LogP contribution in [0.4, 0.5) is 10.2 Å². The fourth-order valence-corrected chi connectivity index (χ4v) is 5.37. The highest BCUT2D eigenvalue weighted by atomic mass is 32.2. The van der Waals surface area contributed by atoms with Crippen LogP contribution < -0.4 is 5.32 Å². The Bertz CT molecular complexity index is 1120. The summed E-state index contributed by atoms with van der Waals surface area (Å²) in [6.07, 6.45) is 0. The molecule has 0 bridgehead atoms. The Labute approximate surface area is 172 Å². The summed E-state index contributed by atoms with van der Waals surface area (Å²) in [5.74, 6) is -0.743. The summed E-state index contributed by atoms with van der Waals surface area (Å²) in [6.45, 7) is 4.18. The van der Waals surface area contributed by atoms with Crippen LogP contribution in [-0.2, 0) is 21.1 Å². The summed E-state index contributed by atoms with van der Waals surface area (Å²) in [5.41, 5.74) is 1.22. The molecule has 154 valence electrons. The van der Waals surface area contributed by atoms with Crippen molar-refractivity contribution in [1.29, 1.82) is 0 Å². The highest BCUT2D eigenvalue weighted by Crippen LogP contribution is 2.35. The maximum absolute atomic E-state index is 13.4. The number of carbonyl (C=O) groups is 1. The number of hydrogen-bond acceptors (Lipinski definition) is 5. The lowest BCUT2D eigenvalue weighted by atomic mass is 10.3. The van der Waals surface area contributed by atoms with E-state index in [0.717, 1.165) is 12.1 Å². The normalized spacial score (nSPS) is 11.6. The largest absolute Gasteiger partial charge is 0.383 e. The Morgan fingerprint density at radius 3 is 2.48 bits per heavy atom. The topological polar surface area (TPSA) is 77.4 Å². The van der Waals surface area contributed by atoms with Gasteiger partial charge in [-0.25, -0.2) is 12.8 Å². The highest BCUT2D eigenvalue weighted by Gasteiger charge is 2.30. The summed E-state index contributed by atoms with van der Waals surface area (Å²) in [6, 6.07) is 8.04. The van der Waals surface area contributed by atoms with Gasteiger partial charge in [-0.3, -0.25) is 4.79 Å². The van der Waals surface area contributed by atoms with Gasteiger partial charge in [0.15, 0.2) is 0 Å². The van der Waals surface area contributed by atoms with Crippen LogP contribution in [0.25, 0.3) is 0 Å². The molecule has 0 aliphatic heterocycles. The van der Waals surface area contributed by atoms with E-state index in [1.807, 2.05) is 0 Å². The Kier molecular flexibility index (Phi) is 6.21. The van der Waals surface area contributed by atoms with Crippen LogP contribution in [0.2, 0.25) is 0 Å². The summed E-state index contributed by atoms with van der Waals surface area (Å²) in [5, 5.41) is 4.53. The number of halogens is 1. The third kappa shape index (κ3) is 4.12. The Morgan fingerprint density at radius 2 is 1.90 bits per heavy atom. The Hall–Kier alpha value is -2.49. The zero-order chi connectivity index (χ0) is 21.2. The molecule has 0 aliphatic rings. The third-order valence-electron chi connectivity index (χ3n) is 4.66. The second-order valence-corrected chi connectivity index (χ2v) is 9.26. The average molecular weight is 437 g/mol. The van der Waals surface area contributed by atoms with Gasteiger partial charge in [-0.05, 0) is 55.1 Å². The van der Waals surface area contributed by atoms with Crippen LogP contribution in [0.5, 0.6) is 0 Å². The quantitative estimate of drug-likeness (QED) is 0.567. The molecule has 6 nitrogen and oxygen atoms in total. The van der Waals surface area contributed by atoms with Gasteiger partial charge in [-0.15, -0.1) is 11.3 Å². The molecule has 1 amide bonds. The van der Waals surface area contributed by atoms with Crippen LogP contribution in [-0.4, -0.2) is 32.6 Å². The maximum atomic E-state index is 13.4. The number of aromatic nitrogens is 1. The van der Waals surface area contributed by atoms with E-state index in [0.29, 0.717) is 29.3 Å². The minimum absolute atomic E-state index is 0.00242. The second-order valence-electron chi connectivity index (χ2n) is 6.42. The van der Waals surface area contributed by atoms with Crippen molar-refractivity contribution in [3.63, 3.8) is 0 Å². The van der Waals surface area contributed by atoms with Gasteiger partial charge in [-0.1, -0.05) is 6.07 Å². The van der Waals surface area contributed by atoms with Crippen LogP contribution in [0.15, 0.2) is 51.6 Å². The van der Waals surface area contributed by atoms with Crippen molar-refractivity contribution in [2.75, 3.05) is 19.0 Å². The molecule has 2 heterocycles. The molecule has 0 unspecified atom stereocenters. The predicted octanol–water partition coefficient (Wildman–Crippen LogP) is 4.04. The summed E-state index contributed by atoms with van der Waals surface area (Å²) < 4.78 is 46.9. The molecule has 0 spiro atoms. The van der Waals surface area contributed by atoms with Gasteiger partial charge >= 0.3 is 0 Å². The number of amides is 1. The van der Waals surface area contributed by atoms with Crippen LogP contribution in [0, 0.1) is 19.7 Å². The number of nitrogens with zero attached hydrogens (tertiary/aromatic N) is 1. The highest BCUT2D eigenvalue weighted by molar-refractivity contribution is 7.91. The van der Waals surface area contributed by atoms with Crippen molar-refractivity contribution >= 4 is 32.9 Å². The van der Waals surface area contributed by atoms with Gasteiger partial charge in [0.2, 0.25) is 9.84 Å². The lowest BCUT2D eigenvalue weighted by Crippen LogP contribution is -2.18. The van der Waals surface area contributed by atoms with Crippen LogP contribution in [0.3, 0.4) is 0 Å². The molecular weight excluding hydrogens is 415 g/mol. The van der Waals surface area contributed by atoms with Crippen molar-refractivity contribution < 1.29 is 22.3 Å². The number of hydrogen-bond donors (Lipinski definition) is 1. The van der Waals surface area contributed by atoms with E-state index in [1.54, 1.807) is 43.0 Å². The zero-order valence-electron chi connectivity index (χ0n) is 16.2. The van der Waals surface area contributed by atoms with Crippen LogP contribution >= 0.6 is 11.3 Å². The molecule has 1 N–H and O–H groups in total. The molecule has 0 radical (unpaired) electrons. The smallest absolute Gasteiger partial charge is 0.266 e. The monoisotopic (exact) mass is 436 g/mol. The number of carbonyl (C=O) groups excluding carboxylic acids is 1. The Morgan fingerprint density at radius 1 is 1.21 bits per heavy atom. The molecule has 1 aromatic carbocycles. The van der Waals surface area contributed by atoms with Crippen molar-refractivity contribution in [2.24, 2.45) is 0 Å². The van der Waals surface area contributed by atoms with Crippen molar-refractivity contribution in [1.82, 2.24) is 4.57 Å². The average Bonchev–Trinajstić information content (AvgIpc) is 3.29. The van der Waals surface area contributed by atoms with E-state index >= 15 is 0 Å². The number of ether oxygens (including phenoxy) is 1. The van der Waals surface area contributed by atoms with Crippen molar-refractivity contribution in [3.05, 3.63) is 63.7 Å². The molecule has 9 heteroatoms. The van der Waals surface area contributed by atoms with Gasteiger partial charge in [-0.2, -0.15) is 0 Å². The minimum Gasteiger partial charge on any atom is -0.383 e. The summed E-state index contributed by atoms with van der Waals surface area (Å²) >= 11 is 1.26. The second kappa shape index (κ2) is 8.48. The van der Waals surface area contributed by atoms with E-state index in [-0.39, 0.29) is 15.6 Å². The molecule has 3 aromatic rings. The molecule has 0 saturated carbocycles. The predicted molar refractivity (Wildman–Crippen MR) is 110 cm³/mol. The van der Waals surface area contributed by atoms with E-state index < -0.39 is 21.6 Å². The van der Waals surface area contributed by atoms with Crippen LogP contribution in [0.1, 0.15) is 20.9 Å². The molecule has 2 aromatic heterocycles. The summed E-state index contributed by atoms with van der Waals surface area (Å²) in [4.78, 5) is 13.1. The fraction of sp³-hybridized carbons (Fsp3) is 0.250. The lowest BCUT2D eigenvalue weighted by Gasteiger charge is -2.14. The first kappa shape index (κ1) is 21.2. The number of nitrogens with one attached hydrogen (secondary N) is 1. The van der Waals surface area contributed by atoms with Gasteiger partial charge in [0.05, 0.1) is 16.4 Å². The van der Waals surface area contributed by atoms with Gasteiger partial charge < -0.3 is 14.6 Å². The maximum Gasteiger partial charge on any atom is 0.266 e. The van der Waals surface area contributed by atoms with Gasteiger partial charge in [0.25, 0.3) is 5.91 Å². The lowest BCUT2D eigenvalue weighted by molar-refractivity contribution is 0.102. The van der Waals surface area contributed by atoms with Crippen molar-refractivity contribution in [2.45, 2.75) is 30.2 Å². The van der Waals surface area contributed by atoms with E-state index in [4.69, 9.17) is 4.74 Å². The number of benzene rings is 1. The molecule has 0 saturated heterocycles. The number of rotatable bonds is 7. The third-order valence-corrected chi connectivity index (χ3v) is 7.46. The SMILES string of the molecule is COCCn1c(C)c(C)c(S(=O)(=O)c2ccc(F)cc2)c1NC(=O)c1cccs1. The molecule has 3 rings (SSSR count). The standard InChI is InChI=1S/C20H21FN2O4S2/c1-13-14(2)23(10-11-27-3)19(22-20(24)17-5-4-12-28-17)18(13)29(25,26)16-8-6-15(21)7-9-16/h4-9,12H,10-11H2,1-3H3,(H,22,24). The Balaban J connectivity index is 2.17.